The first-order valence-electron chi connectivity index (χ1n) is 7.42. The van der Waals surface area contributed by atoms with E-state index in [2.05, 4.69) is 43.2 Å². The molecule has 0 spiro atoms. The molecule has 2 heterocycles. The highest BCUT2D eigenvalue weighted by molar-refractivity contribution is 5.51. The van der Waals surface area contributed by atoms with Gasteiger partial charge in [-0.3, -0.25) is 4.84 Å². The highest BCUT2D eigenvalue weighted by Crippen LogP contribution is 2.51. The van der Waals surface area contributed by atoms with Gasteiger partial charge < -0.3 is 4.74 Å². The fourth-order valence-corrected chi connectivity index (χ4v) is 3.38. The average Bonchev–Trinajstić information content (AvgIpc) is 2.80. The number of fused-ring (bicyclic) bond motifs is 3. The van der Waals surface area contributed by atoms with Gasteiger partial charge in [0.1, 0.15) is 5.75 Å². The maximum absolute atomic E-state index is 6.29. The Hall–Kier alpha value is -2.00. The Morgan fingerprint density at radius 2 is 1.71 bits per heavy atom. The van der Waals surface area contributed by atoms with Crippen LogP contribution in [0.2, 0.25) is 0 Å². The molecule has 1 saturated heterocycles. The van der Waals surface area contributed by atoms with Gasteiger partial charge in [-0.2, -0.15) is 0 Å². The second-order valence-electron chi connectivity index (χ2n) is 6.26. The van der Waals surface area contributed by atoms with Crippen molar-refractivity contribution in [3.05, 3.63) is 60.2 Å². The maximum atomic E-state index is 6.29. The lowest BCUT2D eigenvalue weighted by Crippen LogP contribution is -2.36. The molecule has 0 aliphatic carbocycles. The van der Waals surface area contributed by atoms with E-state index in [0.717, 1.165) is 11.4 Å². The van der Waals surface area contributed by atoms with Gasteiger partial charge in [0, 0.05) is 5.56 Å². The first-order chi connectivity index (χ1) is 10.2. The van der Waals surface area contributed by atoms with E-state index in [1.807, 2.05) is 30.3 Å². The molecule has 3 nitrogen and oxygen atoms in total. The van der Waals surface area contributed by atoms with Crippen LogP contribution in [0.4, 0.5) is 5.69 Å². The minimum atomic E-state index is -0.242. The van der Waals surface area contributed by atoms with Crippen LogP contribution in [-0.4, -0.2) is 12.2 Å². The molecule has 0 radical (unpaired) electrons. The Bertz CT molecular complexity index is 653. The summed E-state index contributed by atoms with van der Waals surface area (Å²) in [5.41, 5.74) is 2.06. The molecule has 21 heavy (non-hydrogen) atoms. The molecule has 2 aromatic carbocycles. The summed E-state index contributed by atoms with van der Waals surface area (Å²) in [5, 5.41) is 2.06. The van der Waals surface area contributed by atoms with E-state index >= 15 is 0 Å². The molecule has 1 fully saturated rings. The lowest BCUT2D eigenvalue weighted by molar-refractivity contribution is -0.0135. The number of hydrogen-bond acceptors (Lipinski definition) is 3. The van der Waals surface area contributed by atoms with Gasteiger partial charge in [0.25, 0.3) is 0 Å². The number of rotatable bonds is 1. The summed E-state index contributed by atoms with van der Waals surface area (Å²) in [7, 11) is 0. The number of nitrogens with zero attached hydrogens (tertiary/aromatic N) is 1. The maximum Gasteiger partial charge on any atom is 0.124 e. The van der Waals surface area contributed by atoms with Crippen molar-refractivity contribution in [2.24, 2.45) is 5.92 Å². The van der Waals surface area contributed by atoms with E-state index in [1.54, 1.807) is 0 Å². The summed E-state index contributed by atoms with van der Waals surface area (Å²) in [5.74, 6) is 1.29. The lowest BCUT2D eigenvalue weighted by Gasteiger charge is -2.33. The van der Waals surface area contributed by atoms with Gasteiger partial charge >= 0.3 is 0 Å². The van der Waals surface area contributed by atoms with E-state index in [9.17, 15) is 0 Å². The van der Waals surface area contributed by atoms with Crippen molar-refractivity contribution in [2.75, 3.05) is 11.7 Å². The van der Waals surface area contributed by atoms with Crippen LogP contribution in [0.3, 0.4) is 0 Å². The van der Waals surface area contributed by atoms with Gasteiger partial charge in [0.2, 0.25) is 0 Å². The molecule has 0 bridgehead atoms. The largest absolute Gasteiger partial charge is 0.493 e. The molecular weight excluding hydrogens is 262 g/mol. The third-order valence-electron chi connectivity index (χ3n) is 4.53. The predicted molar refractivity (Wildman–Crippen MR) is 82.3 cm³/mol. The van der Waals surface area contributed by atoms with Crippen LogP contribution < -0.4 is 9.80 Å². The monoisotopic (exact) mass is 281 g/mol. The lowest BCUT2D eigenvalue weighted by atomic mass is 9.81. The van der Waals surface area contributed by atoms with E-state index in [0.29, 0.717) is 12.5 Å². The summed E-state index contributed by atoms with van der Waals surface area (Å²) in [4.78, 5) is 6.29. The van der Waals surface area contributed by atoms with Crippen LogP contribution in [-0.2, 0) is 4.84 Å². The van der Waals surface area contributed by atoms with Gasteiger partial charge in [0.15, 0.2) is 0 Å². The Morgan fingerprint density at radius 1 is 1.00 bits per heavy atom. The van der Waals surface area contributed by atoms with Gasteiger partial charge in [-0.25, -0.2) is 5.06 Å². The number of hydrogen-bond donors (Lipinski definition) is 0. The molecule has 0 unspecified atom stereocenters. The van der Waals surface area contributed by atoms with Crippen LogP contribution in [0.1, 0.15) is 25.5 Å². The second kappa shape index (κ2) is 4.50. The third-order valence-corrected chi connectivity index (χ3v) is 4.53. The SMILES string of the molecule is CC1(C)ON(c2ccccc2)[C@H]2c3ccccc3OC[C@H]21. The van der Waals surface area contributed by atoms with Crippen molar-refractivity contribution in [1.29, 1.82) is 0 Å². The number of ether oxygens (including phenoxy) is 1. The van der Waals surface area contributed by atoms with Crippen molar-refractivity contribution in [2.45, 2.75) is 25.5 Å². The molecule has 0 amide bonds. The van der Waals surface area contributed by atoms with Crippen molar-refractivity contribution in [1.82, 2.24) is 0 Å². The van der Waals surface area contributed by atoms with E-state index in [-0.39, 0.29) is 11.6 Å². The fourth-order valence-electron chi connectivity index (χ4n) is 3.38. The molecule has 0 N–H and O–H groups in total. The minimum absolute atomic E-state index is 0.201. The molecule has 108 valence electrons. The molecule has 2 atom stereocenters. The Balaban J connectivity index is 1.83. The molecular formula is C18H19NO2. The first-order valence-corrected chi connectivity index (χ1v) is 7.42. The summed E-state index contributed by atoms with van der Waals surface area (Å²) in [6.45, 7) is 4.98. The predicted octanol–water partition coefficient (Wildman–Crippen LogP) is 3.97. The highest BCUT2D eigenvalue weighted by atomic mass is 16.7. The van der Waals surface area contributed by atoms with Crippen LogP contribution in [0.25, 0.3) is 0 Å². The molecule has 2 aromatic rings. The van der Waals surface area contributed by atoms with Crippen molar-refractivity contribution in [3.8, 4) is 5.75 Å². The van der Waals surface area contributed by atoms with E-state index < -0.39 is 0 Å². The third kappa shape index (κ3) is 1.92. The highest BCUT2D eigenvalue weighted by Gasteiger charge is 2.52. The molecule has 2 aliphatic heterocycles. The van der Waals surface area contributed by atoms with Gasteiger partial charge in [-0.05, 0) is 32.0 Å². The first kappa shape index (κ1) is 12.7. The quantitative estimate of drug-likeness (QED) is 0.789. The van der Waals surface area contributed by atoms with Crippen molar-refractivity contribution < 1.29 is 9.57 Å². The summed E-state index contributed by atoms with van der Waals surface area (Å²) < 4.78 is 5.95. The molecule has 0 saturated carbocycles. The zero-order valence-electron chi connectivity index (χ0n) is 12.3. The zero-order chi connectivity index (χ0) is 14.4. The number of benzene rings is 2. The van der Waals surface area contributed by atoms with Crippen molar-refractivity contribution in [3.63, 3.8) is 0 Å². The Kier molecular flexibility index (Phi) is 2.73. The average molecular weight is 281 g/mol. The normalized spacial score (nSPS) is 25.9. The summed E-state index contributed by atoms with van der Waals surface area (Å²) in [6, 6.07) is 18.8. The number of hydroxylamine groups is 1. The minimum Gasteiger partial charge on any atom is -0.493 e. The van der Waals surface area contributed by atoms with E-state index in [4.69, 9.17) is 9.57 Å². The summed E-state index contributed by atoms with van der Waals surface area (Å²) >= 11 is 0. The van der Waals surface area contributed by atoms with Crippen LogP contribution >= 0.6 is 0 Å². The van der Waals surface area contributed by atoms with Crippen molar-refractivity contribution >= 4 is 5.69 Å². The zero-order valence-corrected chi connectivity index (χ0v) is 12.3. The second-order valence-corrected chi connectivity index (χ2v) is 6.26. The van der Waals surface area contributed by atoms with Crippen LogP contribution in [0.5, 0.6) is 5.75 Å². The Labute approximate surface area is 125 Å². The number of anilines is 1. The Morgan fingerprint density at radius 3 is 2.52 bits per heavy atom. The van der Waals surface area contributed by atoms with Crippen LogP contribution in [0.15, 0.2) is 54.6 Å². The van der Waals surface area contributed by atoms with Crippen LogP contribution in [0, 0.1) is 5.92 Å². The molecule has 4 rings (SSSR count). The fraction of sp³-hybridized carbons (Fsp3) is 0.333. The van der Waals surface area contributed by atoms with Gasteiger partial charge in [0.05, 0.1) is 29.9 Å². The molecule has 2 aliphatic rings. The van der Waals surface area contributed by atoms with Gasteiger partial charge in [-0.1, -0.05) is 36.4 Å². The van der Waals surface area contributed by atoms with Gasteiger partial charge in [-0.15, -0.1) is 0 Å². The standard InChI is InChI=1S/C18H19NO2/c1-18(2)15-12-20-16-11-7-6-10-14(16)17(15)19(21-18)13-8-4-3-5-9-13/h3-11,15,17H,12H2,1-2H3/t15-,17+/m1/s1. The topological polar surface area (TPSA) is 21.7 Å². The smallest absolute Gasteiger partial charge is 0.124 e. The number of para-hydroxylation sites is 2. The molecule has 3 heteroatoms. The summed E-state index contributed by atoms with van der Waals surface area (Å²) in [6.07, 6.45) is 0. The molecule has 0 aromatic heterocycles. The van der Waals surface area contributed by atoms with E-state index in [1.165, 1.54) is 5.56 Å².